The Labute approximate surface area is 125 Å². The van der Waals surface area contributed by atoms with E-state index in [1.54, 1.807) is 0 Å². The Bertz CT molecular complexity index is 657. The average Bonchev–Trinajstić information content (AvgIpc) is 2.95. The van der Waals surface area contributed by atoms with Gasteiger partial charge in [0.1, 0.15) is 5.82 Å². The molecule has 0 aliphatic heterocycles. The van der Waals surface area contributed by atoms with E-state index in [4.69, 9.17) is 9.26 Å². The molecule has 2 N–H and O–H groups in total. The summed E-state index contributed by atoms with van der Waals surface area (Å²) in [5.41, 5.74) is 0.326. The molecular formula is C12H14N6O4. The van der Waals surface area contributed by atoms with Crippen LogP contribution in [0.15, 0.2) is 10.7 Å². The molecule has 0 spiro atoms. The Morgan fingerprint density at radius 1 is 1.27 bits per heavy atom. The lowest BCUT2D eigenvalue weighted by Gasteiger charge is -2.05. The number of aromatic nitrogens is 4. The molecule has 0 saturated carbocycles. The fraction of sp³-hybridized carbons (Fsp3) is 0.333. The molecule has 0 aliphatic rings. The zero-order chi connectivity index (χ0) is 15.9. The van der Waals surface area contributed by atoms with E-state index >= 15 is 0 Å². The number of hydrogen-bond acceptors (Lipinski definition) is 8. The Balaban J connectivity index is 2.26. The second-order valence-electron chi connectivity index (χ2n) is 4.57. The van der Waals surface area contributed by atoms with Crippen molar-refractivity contribution in [3.63, 3.8) is 0 Å². The molecule has 0 fully saturated rings. The van der Waals surface area contributed by atoms with E-state index in [0.29, 0.717) is 30.9 Å². The first-order chi connectivity index (χ1) is 10.6. The van der Waals surface area contributed by atoms with Crippen LogP contribution in [0.1, 0.15) is 13.8 Å². The number of anilines is 2. The van der Waals surface area contributed by atoms with E-state index in [-0.39, 0.29) is 23.7 Å². The quantitative estimate of drug-likeness (QED) is 0.681. The molecule has 10 heteroatoms. The maximum Gasteiger partial charge on any atom is 0.417 e. The SMILES string of the molecule is CC(C)COc1nc(-c2cnc(NC=O)nc2NC=O)no1. The van der Waals surface area contributed by atoms with Crippen LogP contribution >= 0.6 is 0 Å². The molecule has 2 aromatic heterocycles. The van der Waals surface area contributed by atoms with E-state index in [0.717, 1.165) is 0 Å². The fourth-order valence-corrected chi connectivity index (χ4v) is 1.45. The number of carbonyl (C=O) groups excluding carboxylic acids is 2. The van der Waals surface area contributed by atoms with Crippen molar-refractivity contribution in [3.05, 3.63) is 6.20 Å². The van der Waals surface area contributed by atoms with E-state index in [9.17, 15) is 9.59 Å². The highest BCUT2D eigenvalue weighted by atomic mass is 16.6. The summed E-state index contributed by atoms with van der Waals surface area (Å²) in [5.74, 6) is 0.619. The summed E-state index contributed by atoms with van der Waals surface area (Å²) < 4.78 is 10.3. The third-order valence-corrected chi connectivity index (χ3v) is 2.36. The van der Waals surface area contributed by atoms with Crippen LogP contribution in [0.3, 0.4) is 0 Å². The lowest BCUT2D eigenvalue weighted by Crippen LogP contribution is -2.06. The number of amides is 2. The van der Waals surface area contributed by atoms with Crippen molar-refractivity contribution < 1.29 is 18.8 Å². The van der Waals surface area contributed by atoms with Crippen LogP contribution in [0.25, 0.3) is 11.4 Å². The summed E-state index contributed by atoms with van der Waals surface area (Å²) in [6.07, 6.45) is 2.22. The van der Waals surface area contributed by atoms with E-state index in [1.807, 2.05) is 13.8 Å². The van der Waals surface area contributed by atoms with Gasteiger partial charge in [-0.2, -0.15) is 9.97 Å². The van der Waals surface area contributed by atoms with E-state index in [1.165, 1.54) is 6.20 Å². The average molecular weight is 306 g/mol. The highest BCUT2D eigenvalue weighted by Crippen LogP contribution is 2.25. The summed E-state index contributed by atoms with van der Waals surface area (Å²) in [7, 11) is 0. The predicted molar refractivity (Wildman–Crippen MR) is 75.0 cm³/mol. The summed E-state index contributed by atoms with van der Waals surface area (Å²) in [6, 6.07) is 0. The van der Waals surface area contributed by atoms with Crippen molar-refractivity contribution in [2.24, 2.45) is 5.92 Å². The van der Waals surface area contributed by atoms with Crippen molar-refractivity contribution in [3.8, 4) is 17.5 Å². The molecular weight excluding hydrogens is 292 g/mol. The minimum atomic E-state index is 0.0100. The topological polar surface area (TPSA) is 132 Å². The molecule has 2 aromatic rings. The van der Waals surface area contributed by atoms with Gasteiger partial charge >= 0.3 is 6.08 Å². The molecule has 2 heterocycles. The van der Waals surface area contributed by atoms with Gasteiger partial charge in [0.2, 0.25) is 24.6 Å². The number of carbonyl (C=O) groups is 2. The molecule has 2 rings (SSSR count). The highest BCUT2D eigenvalue weighted by Gasteiger charge is 2.16. The minimum absolute atomic E-state index is 0.0100. The number of rotatable bonds is 8. The van der Waals surface area contributed by atoms with Crippen LogP contribution in [-0.4, -0.2) is 39.5 Å². The van der Waals surface area contributed by atoms with Gasteiger partial charge in [-0.1, -0.05) is 19.0 Å². The minimum Gasteiger partial charge on any atom is -0.449 e. The van der Waals surface area contributed by atoms with Crippen molar-refractivity contribution in [2.45, 2.75) is 13.8 Å². The van der Waals surface area contributed by atoms with Gasteiger partial charge in [-0.3, -0.25) is 19.4 Å². The molecule has 0 unspecified atom stereocenters. The molecule has 0 aliphatic carbocycles. The van der Waals surface area contributed by atoms with Crippen LogP contribution in [0.4, 0.5) is 11.8 Å². The van der Waals surface area contributed by atoms with Gasteiger partial charge in [0, 0.05) is 6.20 Å². The van der Waals surface area contributed by atoms with Crippen LogP contribution in [-0.2, 0) is 9.59 Å². The summed E-state index contributed by atoms with van der Waals surface area (Å²) in [6.45, 7) is 4.39. The lowest BCUT2D eigenvalue weighted by atomic mass is 10.2. The van der Waals surface area contributed by atoms with Gasteiger partial charge in [0.05, 0.1) is 12.2 Å². The first-order valence-electron chi connectivity index (χ1n) is 6.38. The van der Waals surface area contributed by atoms with Crippen LogP contribution in [0, 0.1) is 5.92 Å². The van der Waals surface area contributed by atoms with Crippen molar-refractivity contribution in [2.75, 3.05) is 17.2 Å². The molecule has 116 valence electrons. The standard InChI is InChI=1S/C12H14N6O4/c1-7(2)4-21-12-17-10(18-22-12)8-3-13-11(15-6-20)16-9(8)14-5-19/h3,5-7H,4H2,1-2H3,(H2,13,14,15,16,19,20). The molecule has 2 amide bonds. The molecule has 10 nitrogen and oxygen atoms in total. The Morgan fingerprint density at radius 2 is 2.05 bits per heavy atom. The second kappa shape index (κ2) is 7.11. The second-order valence-corrected chi connectivity index (χ2v) is 4.57. The molecule has 0 radical (unpaired) electrons. The van der Waals surface area contributed by atoms with Gasteiger partial charge in [-0.15, -0.1) is 0 Å². The van der Waals surface area contributed by atoms with Crippen LogP contribution in [0.2, 0.25) is 0 Å². The maximum atomic E-state index is 10.7. The predicted octanol–water partition coefficient (Wildman–Crippen LogP) is 0.698. The molecule has 0 saturated heterocycles. The third-order valence-electron chi connectivity index (χ3n) is 2.36. The zero-order valence-electron chi connectivity index (χ0n) is 11.9. The first kappa shape index (κ1) is 15.4. The molecule has 0 atom stereocenters. The lowest BCUT2D eigenvalue weighted by molar-refractivity contribution is -0.106. The van der Waals surface area contributed by atoms with Gasteiger partial charge in [-0.05, 0) is 5.92 Å². The number of nitrogens with zero attached hydrogens (tertiary/aromatic N) is 4. The first-order valence-corrected chi connectivity index (χ1v) is 6.38. The Hall–Kier alpha value is -3.04. The van der Waals surface area contributed by atoms with Gasteiger partial charge < -0.3 is 10.1 Å². The maximum absolute atomic E-state index is 10.7. The zero-order valence-corrected chi connectivity index (χ0v) is 11.9. The Morgan fingerprint density at radius 3 is 2.73 bits per heavy atom. The van der Waals surface area contributed by atoms with Crippen molar-refractivity contribution in [1.82, 2.24) is 20.1 Å². The van der Waals surface area contributed by atoms with E-state index < -0.39 is 0 Å². The van der Waals surface area contributed by atoms with Gasteiger partial charge in [-0.25, -0.2) is 4.98 Å². The molecule has 22 heavy (non-hydrogen) atoms. The van der Waals surface area contributed by atoms with E-state index in [2.05, 4.69) is 30.7 Å². The van der Waals surface area contributed by atoms with Crippen LogP contribution in [0.5, 0.6) is 6.08 Å². The monoisotopic (exact) mass is 306 g/mol. The van der Waals surface area contributed by atoms with Crippen molar-refractivity contribution >= 4 is 24.6 Å². The Kier molecular flexibility index (Phi) is 4.96. The summed E-state index contributed by atoms with van der Waals surface area (Å²) in [4.78, 5) is 32.9. The number of hydrogen-bond donors (Lipinski definition) is 2. The molecule has 0 aromatic carbocycles. The largest absolute Gasteiger partial charge is 0.449 e. The fourth-order valence-electron chi connectivity index (χ4n) is 1.45. The van der Waals surface area contributed by atoms with Gasteiger partial charge in [0.15, 0.2) is 0 Å². The summed E-state index contributed by atoms with van der Waals surface area (Å²) in [5, 5.41) is 8.40. The van der Waals surface area contributed by atoms with Gasteiger partial charge in [0.25, 0.3) is 0 Å². The smallest absolute Gasteiger partial charge is 0.417 e. The highest BCUT2D eigenvalue weighted by molar-refractivity contribution is 5.81. The molecule has 0 bridgehead atoms. The van der Waals surface area contributed by atoms with Crippen LogP contribution < -0.4 is 15.4 Å². The third kappa shape index (κ3) is 3.75. The van der Waals surface area contributed by atoms with Crippen molar-refractivity contribution in [1.29, 1.82) is 0 Å². The normalized spacial score (nSPS) is 10.3. The number of ether oxygens (including phenoxy) is 1. The number of nitrogens with one attached hydrogen (secondary N) is 2. The summed E-state index contributed by atoms with van der Waals surface area (Å²) >= 11 is 0.